The van der Waals surface area contributed by atoms with Crippen LogP contribution in [0.3, 0.4) is 0 Å². The van der Waals surface area contributed by atoms with Gasteiger partial charge in [0, 0.05) is 10.9 Å². The second-order valence-corrected chi connectivity index (χ2v) is 10.1. The zero-order chi connectivity index (χ0) is 22.8. The van der Waals surface area contributed by atoms with E-state index in [4.69, 9.17) is 9.15 Å². The Morgan fingerprint density at radius 2 is 2.03 bits per heavy atom. The van der Waals surface area contributed by atoms with Crippen molar-refractivity contribution in [2.24, 2.45) is 0 Å². The fourth-order valence-corrected chi connectivity index (χ4v) is 5.33. The summed E-state index contributed by atoms with van der Waals surface area (Å²) in [6, 6.07) is 8.78. The largest absolute Gasteiger partial charge is 0.488 e. The Morgan fingerprint density at radius 3 is 2.68 bits per heavy atom. The number of thioether (sulfide) groups is 1. The normalized spacial score (nSPS) is 13.0. The summed E-state index contributed by atoms with van der Waals surface area (Å²) in [5.41, 5.74) is -0.00895. The molecule has 166 valence electrons. The zero-order valence-corrected chi connectivity index (χ0v) is 19.5. The third-order valence-corrected chi connectivity index (χ3v) is 7.78. The Balaban J connectivity index is 2.05. The monoisotopic (exact) mass is 535 g/mol. The lowest BCUT2D eigenvalue weighted by molar-refractivity contribution is -0.137. The van der Waals surface area contributed by atoms with Gasteiger partial charge in [0.05, 0.1) is 16.3 Å². The number of sulfonamides is 1. The van der Waals surface area contributed by atoms with Crippen LogP contribution < -0.4 is 9.46 Å². The number of nitrogens with one attached hydrogen (secondary N) is 1. The van der Waals surface area contributed by atoms with Crippen LogP contribution in [0.25, 0.3) is 17.0 Å². The molecular weight excluding hydrogens is 519 g/mol. The van der Waals surface area contributed by atoms with Gasteiger partial charge in [-0.2, -0.15) is 13.2 Å². The van der Waals surface area contributed by atoms with Gasteiger partial charge in [0.15, 0.2) is 0 Å². The van der Waals surface area contributed by atoms with Crippen LogP contribution in [-0.2, 0) is 22.8 Å². The molecule has 0 atom stereocenters. The molecule has 0 saturated carbocycles. The van der Waals surface area contributed by atoms with Crippen molar-refractivity contribution in [1.82, 2.24) is 4.72 Å². The quantitative estimate of drug-likeness (QED) is 0.401. The van der Waals surface area contributed by atoms with Crippen molar-refractivity contribution in [3.63, 3.8) is 0 Å². The van der Waals surface area contributed by atoms with Crippen LogP contribution in [0.15, 0.2) is 55.8 Å². The molecule has 1 aromatic heterocycles. The first-order valence-electron chi connectivity index (χ1n) is 8.74. The average Bonchev–Trinajstić information content (AvgIpc) is 3.19. The lowest BCUT2D eigenvalue weighted by Crippen LogP contribution is -2.19. The first kappa shape index (κ1) is 23.7. The molecule has 11 heteroatoms. The van der Waals surface area contributed by atoms with E-state index in [-0.39, 0.29) is 22.2 Å². The van der Waals surface area contributed by atoms with Gasteiger partial charge in [-0.05, 0) is 71.2 Å². The highest BCUT2D eigenvalue weighted by molar-refractivity contribution is 9.10. The number of halogens is 4. The van der Waals surface area contributed by atoms with E-state index in [1.54, 1.807) is 18.2 Å². The number of fused-ring (bicyclic) bond motifs is 1. The standard InChI is InChI=1S/C20H17BrF3NO4S2/c1-25-31(26,27)18(30-2)10-14-15(20(22,23)24)4-3-5-17(14)29-11-12-8-13-6-7-28-19(13)16(21)9-12/h3-10,25H,11H2,1-2H3/b18-10+. The van der Waals surface area contributed by atoms with Gasteiger partial charge in [0.2, 0.25) is 10.0 Å². The SMILES string of the molecule is CNS(=O)(=O)/C(=C/c1c(OCc2cc(Br)c3occc3c2)cccc1C(F)(F)F)SC. The molecule has 0 bridgehead atoms. The van der Waals surface area contributed by atoms with Crippen molar-refractivity contribution in [1.29, 1.82) is 0 Å². The van der Waals surface area contributed by atoms with Crippen LogP contribution >= 0.6 is 27.7 Å². The summed E-state index contributed by atoms with van der Waals surface area (Å²) >= 11 is 4.21. The molecule has 0 aliphatic heterocycles. The van der Waals surface area contributed by atoms with Gasteiger partial charge in [0.25, 0.3) is 0 Å². The zero-order valence-electron chi connectivity index (χ0n) is 16.3. The minimum atomic E-state index is -4.70. The molecule has 0 aliphatic rings. The highest BCUT2D eigenvalue weighted by atomic mass is 79.9. The number of rotatable bonds is 7. The lowest BCUT2D eigenvalue weighted by Gasteiger charge is -2.16. The van der Waals surface area contributed by atoms with Gasteiger partial charge in [-0.15, -0.1) is 11.8 Å². The van der Waals surface area contributed by atoms with Gasteiger partial charge in [-0.25, -0.2) is 13.1 Å². The van der Waals surface area contributed by atoms with Crippen LogP contribution in [0.4, 0.5) is 13.2 Å². The maximum atomic E-state index is 13.6. The van der Waals surface area contributed by atoms with E-state index in [1.807, 2.05) is 0 Å². The lowest BCUT2D eigenvalue weighted by atomic mass is 10.1. The second-order valence-electron chi connectivity index (χ2n) is 6.30. The molecule has 2 aromatic carbocycles. The van der Waals surface area contributed by atoms with Crippen LogP contribution in [-0.4, -0.2) is 21.7 Å². The Morgan fingerprint density at radius 1 is 1.29 bits per heavy atom. The van der Waals surface area contributed by atoms with Gasteiger partial charge in [-0.3, -0.25) is 0 Å². The van der Waals surface area contributed by atoms with Gasteiger partial charge in [-0.1, -0.05) is 6.07 Å². The Labute approximate surface area is 189 Å². The van der Waals surface area contributed by atoms with Gasteiger partial charge in [0.1, 0.15) is 22.2 Å². The van der Waals surface area contributed by atoms with E-state index >= 15 is 0 Å². The van der Waals surface area contributed by atoms with Crippen molar-refractivity contribution in [3.8, 4) is 5.75 Å². The van der Waals surface area contributed by atoms with E-state index in [1.165, 1.54) is 31.7 Å². The maximum absolute atomic E-state index is 13.6. The van der Waals surface area contributed by atoms with Crippen LogP contribution in [0, 0.1) is 0 Å². The van der Waals surface area contributed by atoms with Crippen molar-refractivity contribution >= 4 is 54.8 Å². The number of hydrogen-bond acceptors (Lipinski definition) is 5. The molecule has 0 radical (unpaired) electrons. The summed E-state index contributed by atoms with van der Waals surface area (Å²) in [5.74, 6) is -0.0870. The number of ether oxygens (including phenoxy) is 1. The summed E-state index contributed by atoms with van der Waals surface area (Å²) in [6.45, 7) is -0.0325. The summed E-state index contributed by atoms with van der Waals surface area (Å²) in [4.78, 5) is 0. The van der Waals surface area contributed by atoms with E-state index < -0.39 is 21.8 Å². The number of hydrogen-bond donors (Lipinski definition) is 1. The topological polar surface area (TPSA) is 68.5 Å². The van der Waals surface area contributed by atoms with Crippen molar-refractivity contribution in [2.45, 2.75) is 12.8 Å². The van der Waals surface area contributed by atoms with E-state index in [2.05, 4.69) is 20.7 Å². The summed E-state index contributed by atoms with van der Waals surface area (Å²) < 4.78 is 78.9. The summed E-state index contributed by atoms with van der Waals surface area (Å²) in [7, 11) is -2.75. The summed E-state index contributed by atoms with van der Waals surface area (Å²) in [5, 5.41) is 0.807. The molecule has 1 heterocycles. The maximum Gasteiger partial charge on any atom is 0.417 e. The van der Waals surface area contributed by atoms with Gasteiger partial charge >= 0.3 is 6.18 Å². The van der Waals surface area contributed by atoms with Crippen LogP contribution in [0.1, 0.15) is 16.7 Å². The molecular formula is C20H17BrF3NO4S2. The summed E-state index contributed by atoms with van der Waals surface area (Å²) in [6.07, 6.45) is -0.724. The third-order valence-electron chi connectivity index (χ3n) is 4.33. The smallest absolute Gasteiger partial charge is 0.417 e. The molecule has 0 saturated heterocycles. The Bertz CT molecular complexity index is 1240. The van der Waals surface area contributed by atoms with E-state index in [0.29, 0.717) is 15.6 Å². The molecule has 3 aromatic rings. The minimum absolute atomic E-state index is 0.0325. The Hall–Kier alpha value is -1.95. The number of benzene rings is 2. The molecule has 0 amide bonds. The van der Waals surface area contributed by atoms with E-state index in [0.717, 1.165) is 29.3 Å². The van der Waals surface area contributed by atoms with Crippen molar-refractivity contribution in [2.75, 3.05) is 13.3 Å². The van der Waals surface area contributed by atoms with Crippen molar-refractivity contribution in [3.05, 3.63) is 68.1 Å². The third kappa shape index (κ3) is 5.28. The molecule has 0 aliphatic carbocycles. The Kier molecular flexibility index (Phi) is 7.09. The molecule has 0 unspecified atom stereocenters. The molecule has 31 heavy (non-hydrogen) atoms. The predicted octanol–water partition coefficient (Wildman–Crippen LogP) is 6.00. The molecule has 0 spiro atoms. The second kappa shape index (κ2) is 9.27. The van der Waals surface area contributed by atoms with Crippen molar-refractivity contribution < 1.29 is 30.7 Å². The highest BCUT2D eigenvalue weighted by Crippen LogP contribution is 2.39. The predicted molar refractivity (Wildman–Crippen MR) is 119 cm³/mol. The van der Waals surface area contributed by atoms with Crippen LogP contribution in [0.5, 0.6) is 5.75 Å². The number of furan rings is 1. The number of alkyl halides is 3. The van der Waals surface area contributed by atoms with E-state index in [9.17, 15) is 21.6 Å². The minimum Gasteiger partial charge on any atom is -0.488 e. The van der Waals surface area contributed by atoms with Crippen LogP contribution in [0.2, 0.25) is 0 Å². The fraction of sp³-hybridized carbons (Fsp3) is 0.200. The molecule has 5 nitrogen and oxygen atoms in total. The first-order chi connectivity index (χ1) is 14.6. The molecule has 0 fully saturated rings. The average molecular weight is 536 g/mol. The van der Waals surface area contributed by atoms with Gasteiger partial charge < -0.3 is 9.15 Å². The fourth-order valence-electron chi connectivity index (χ4n) is 2.87. The first-order valence-corrected chi connectivity index (χ1v) is 12.2. The highest BCUT2D eigenvalue weighted by Gasteiger charge is 2.34. The molecule has 3 rings (SSSR count). The molecule has 1 N–H and O–H groups in total.